The lowest BCUT2D eigenvalue weighted by molar-refractivity contribution is -0.123. The molecule has 3 heterocycles. The lowest BCUT2D eigenvalue weighted by Gasteiger charge is -2.30. The molecule has 2 aromatic heterocycles. The predicted molar refractivity (Wildman–Crippen MR) is 101 cm³/mol. The first-order valence-electron chi connectivity index (χ1n) is 9.21. The Bertz CT molecular complexity index is 1050. The minimum absolute atomic E-state index is 0.0292. The molecule has 1 aliphatic rings. The number of nitrogens with zero attached hydrogens (tertiary/aromatic N) is 4. The van der Waals surface area contributed by atoms with Gasteiger partial charge in [-0.25, -0.2) is 13.5 Å². The van der Waals surface area contributed by atoms with Gasteiger partial charge >= 0.3 is 0 Å². The molecule has 0 aliphatic carbocycles. The molecule has 1 fully saturated rings. The van der Waals surface area contributed by atoms with E-state index in [0.29, 0.717) is 31.7 Å². The third kappa shape index (κ3) is 3.51. The second kappa shape index (κ2) is 7.50. The van der Waals surface area contributed by atoms with Crippen LogP contribution in [-0.2, 0) is 4.79 Å². The Morgan fingerprint density at radius 1 is 1.10 bits per heavy atom. The highest BCUT2D eigenvalue weighted by Crippen LogP contribution is 2.25. The lowest BCUT2D eigenvalue weighted by Crippen LogP contribution is -2.41. The average molecular weight is 399 g/mol. The second-order valence-electron chi connectivity index (χ2n) is 6.95. The molecule has 2 amide bonds. The van der Waals surface area contributed by atoms with Crippen molar-refractivity contribution in [2.75, 3.05) is 13.1 Å². The number of amides is 2. The number of carbonyl (C=O) groups is 2. The Morgan fingerprint density at radius 2 is 1.79 bits per heavy atom. The topological polar surface area (TPSA) is 86.2 Å². The molecule has 150 valence electrons. The molecule has 9 heteroatoms. The summed E-state index contributed by atoms with van der Waals surface area (Å²) >= 11 is 0. The zero-order valence-electron chi connectivity index (χ0n) is 15.5. The summed E-state index contributed by atoms with van der Waals surface area (Å²) < 4.78 is 30.7. The van der Waals surface area contributed by atoms with Crippen LogP contribution in [0.1, 0.15) is 23.2 Å². The van der Waals surface area contributed by atoms with Gasteiger partial charge in [0.25, 0.3) is 5.91 Å². The van der Waals surface area contributed by atoms with Crippen molar-refractivity contribution < 1.29 is 18.4 Å². The largest absolute Gasteiger partial charge is 0.369 e. The Hall–Kier alpha value is -3.49. The van der Waals surface area contributed by atoms with Crippen molar-refractivity contribution in [1.29, 1.82) is 0 Å². The Balaban J connectivity index is 1.72. The van der Waals surface area contributed by atoms with E-state index in [-0.39, 0.29) is 29.0 Å². The quantitative estimate of drug-likeness (QED) is 0.730. The van der Waals surface area contributed by atoms with Gasteiger partial charge in [0.1, 0.15) is 17.1 Å². The molecule has 2 N–H and O–H groups in total. The molecule has 1 saturated heterocycles. The summed E-state index contributed by atoms with van der Waals surface area (Å²) in [5, 5.41) is 4.20. The molecule has 0 saturated carbocycles. The molecular formula is C20H19F2N5O2. The fourth-order valence-electron chi connectivity index (χ4n) is 3.58. The fourth-order valence-corrected chi connectivity index (χ4v) is 3.58. The van der Waals surface area contributed by atoms with E-state index in [9.17, 15) is 18.4 Å². The van der Waals surface area contributed by atoms with Crippen LogP contribution in [0.4, 0.5) is 8.78 Å². The van der Waals surface area contributed by atoms with E-state index in [0.717, 1.165) is 12.1 Å². The summed E-state index contributed by atoms with van der Waals surface area (Å²) in [7, 11) is 0. The van der Waals surface area contributed by atoms with Crippen molar-refractivity contribution in [3.05, 3.63) is 66.1 Å². The number of benzene rings is 1. The van der Waals surface area contributed by atoms with Crippen molar-refractivity contribution in [2.24, 2.45) is 11.7 Å². The van der Waals surface area contributed by atoms with Gasteiger partial charge in [0.15, 0.2) is 11.6 Å². The first kappa shape index (κ1) is 18.9. The van der Waals surface area contributed by atoms with E-state index in [1.54, 1.807) is 34.0 Å². The highest BCUT2D eigenvalue weighted by Gasteiger charge is 2.30. The summed E-state index contributed by atoms with van der Waals surface area (Å²) in [5.74, 6) is -2.01. The Morgan fingerprint density at radius 3 is 2.41 bits per heavy atom. The normalized spacial score (nSPS) is 14.9. The first-order chi connectivity index (χ1) is 14.0. The van der Waals surface area contributed by atoms with Crippen molar-refractivity contribution in [1.82, 2.24) is 19.2 Å². The van der Waals surface area contributed by atoms with Crippen LogP contribution >= 0.6 is 0 Å². The van der Waals surface area contributed by atoms with Gasteiger partial charge in [0.05, 0.1) is 6.20 Å². The number of aromatic nitrogens is 3. The second-order valence-corrected chi connectivity index (χ2v) is 6.95. The number of carbonyl (C=O) groups excluding carboxylic acids is 2. The van der Waals surface area contributed by atoms with Gasteiger partial charge in [-0.05, 0) is 37.1 Å². The highest BCUT2D eigenvalue weighted by molar-refractivity contribution is 5.97. The van der Waals surface area contributed by atoms with E-state index in [4.69, 9.17) is 5.73 Å². The number of rotatable bonds is 4. The van der Waals surface area contributed by atoms with Gasteiger partial charge in [0.2, 0.25) is 5.91 Å². The molecule has 1 aliphatic heterocycles. The summed E-state index contributed by atoms with van der Waals surface area (Å²) in [5.41, 5.74) is 5.67. The molecule has 1 aromatic carbocycles. The van der Waals surface area contributed by atoms with Crippen LogP contribution in [0.3, 0.4) is 0 Å². The zero-order chi connectivity index (χ0) is 20.5. The third-order valence-corrected chi connectivity index (χ3v) is 5.15. The van der Waals surface area contributed by atoms with Gasteiger partial charge in [-0.2, -0.15) is 5.10 Å². The van der Waals surface area contributed by atoms with Crippen LogP contribution in [0, 0.1) is 17.6 Å². The van der Waals surface area contributed by atoms with E-state index >= 15 is 0 Å². The number of hydrogen-bond acceptors (Lipinski definition) is 3. The minimum atomic E-state index is -0.789. The first-order valence-corrected chi connectivity index (χ1v) is 9.21. The van der Waals surface area contributed by atoms with Crippen molar-refractivity contribution in [3.63, 3.8) is 0 Å². The van der Waals surface area contributed by atoms with E-state index in [2.05, 4.69) is 5.10 Å². The van der Waals surface area contributed by atoms with Crippen molar-refractivity contribution in [3.8, 4) is 11.5 Å². The van der Waals surface area contributed by atoms with E-state index < -0.39 is 11.6 Å². The van der Waals surface area contributed by atoms with Crippen LogP contribution < -0.4 is 5.73 Å². The van der Waals surface area contributed by atoms with Crippen molar-refractivity contribution >= 4 is 11.8 Å². The van der Waals surface area contributed by atoms with Crippen LogP contribution in [0.25, 0.3) is 11.5 Å². The van der Waals surface area contributed by atoms with Crippen molar-refractivity contribution in [2.45, 2.75) is 12.8 Å². The standard InChI is InChI=1S/C20H19F2N5O2/c21-14-3-4-17(16(22)11-14)27-19(25-7-1-2-8-25)15(12-24-27)20(29)26-9-5-13(6-10-26)18(23)28/h1-4,7-8,11-13H,5-6,9-10H2,(H2,23,28). The molecule has 0 atom stereocenters. The maximum atomic E-state index is 14.4. The predicted octanol–water partition coefficient (Wildman–Crippen LogP) is 2.28. The van der Waals surface area contributed by atoms with Gasteiger partial charge in [-0.1, -0.05) is 0 Å². The third-order valence-electron chi connectivity index (χ3n) is 5.15. The van der Waals surface area contributed by atoms with E-state index in [1.807, 2.05) is 0 Å². The smallest absolute Gasteiger partial charge is 0.259 e. The molecule has 0 radical (unpaired) electrons. The summed E-state index contributed by atoms with van der Waals surface area (Å²) in [6, 6.07) is 6.72. The highest BCUT2D eigenvalue weighted by atomic mass is 19.1. The molecular weight excluding hydrogens is 380 g/mol. The van der Waals surface area contributed by atoms with Crippen LogP contribution in [-0.4, -0.2) is 44.2 Å². The lowest BCUT2D eigenvalue weighted by atomic mass is 9.96. The Kier molecular flexibility index (Phi) is 4.87. The van der Waals surface area contributed by atoms with Crippen LogP contribution in [0.15, 0.2) is 48.9 Å². The number of piperidine rings is 1. The van der Waals surface area contributed by atoms with Gasteiger partial charge in [-0.15, -0.1) is 0 Å². The molecule has 0 unspecified atom stereocenters. The fraction of sp³-hybridized carbons (Fsp3) is 0.250. The van der Waals surface area contributed by atoms with Crippen LogP contribution in [0.5, 0.6) is 0 Å². The van der Waals surface area contributed by atoms with Crippen LogP contribution in [0.2, 0.25) is 0 Å². The van der Waals surface area contributed by atoms with Gasteiger partial charge in [-0.3, -0.25) is 9.59 Å². The summed E-state index contributed by atoms with van der Waals surface area (Å²) in [4.78, 5) is 26.2. The summed E-state index contributed by atoms with van der Waals surface area (Å²) in [6.45, 7) is 0.793. The number of likely N-dealkylation sites (tertiary alicyclic amines) is 1. The molecule has 0 spiro atoms. The van der Waals surface area contributed by atoms with Gasteiger partial charge in [0, 0.05) is 37.5 Å². The number of nitrogens with two attached hydrogens (primary N) is 1. The average Bonchev–Trinajstić information content (AvgIpc) is 3.37. The minimum Gasteiger partial charge on any atom is -0.369 e. The monoisotopic (exact) mass is 399 g/mol. The maximum absolute atomic E-state index is 14.4. The van der Waals surface area contributed by atoms with E-state index in [1.165, 1.54) is 16.9 Å². The Labute approximate surface area is 165 Å². The molecule has 0 bridgehead atoms. The van der Waals surface area contributed by atoms with Gasteiger partial charge < -0.3 is 15.2 Å². The molecule has 4 rings (SSSR count). The molecule has 3 aromatic rings. The SMILES string of the molecule is NC(=O)C1CCN(C(=O)c2cnn(-c3ccc(F)cc3F)c2-n2cccc2)CC1. The summed E-state index contributed by atoms with van der Waals surface area (Å²) in [6.07, 6.45) is 5.80. The molecule has 7 nitrogen and oxygen atoms in total. The molecule has 29 heavy (non-hydrogen) atoms. The maximum Gasteiger partial charge on any atom is 0.259 e. The number of halogens is 2. The number of hydrogen-bond donors (Lipinski definition) is 1. The zero-order valence-corrected chi connectivity index (χ0v) is 15.5. The number of primary amides is 1.